The molecule has 2 unspecified atom stereocenters. The number of sulfonamides is 1. The highest BCUT2D eigenvalue weighted by Gasteiger charge is 2.53. The van der Waals surface area contributed by atoms with E-state index in [-0.39, 0.29) is 17.0 Å². The molecule has 2 aromatic heterocycles. The summed E-state index contributed by atoms with van der Waals surface area (Å²) in [6, 6.07) is 9.12. The van der Waals surface area contributed by atoms with Crippen LogP contribution >= 0.6 is 0 Å². The van der Waals surface area contributed by atoms with Gasteiger partial charge in [0.2, 0.25) is 21.8 Å². The molecule has 0 bridgehead atoms. The Morgan fingerprint density at radius 2 is 1.79 bits per heavy atom. The lowest BCUT2D eigenvalue weighted by Gasteiger charge is -2.29. The number of amides is 1. The van der Waals surface area contributed by atoms with Crippen molar-refractivity contribution >= 4 is 27.4 Å². The second kappa shape index (κ2) is 10.2. The number of ether oxygens (including phenoxy) is 1. The summed E-state index contributed by atoms with van der Waals surface area (Å²) in [6.07, 6.45) is 10.7. The first-order valence-corrected chi connectivity index (χ1v) is 15.1. The number of rotatable bonds is 9. The number of hydrogen-bond donors (Lipinski definition) is 2. The summed E-state index contributed by atoms with van der Waals surface area (Å²) < 4.78 is 33.1. The molecule has 3 aliphatic rings. The first kappa shape index (κ1) is 25.7. The van der Waals surface area contributed by atoms with Gasteiger partial charge < -0.3 is 10.1 Å². The van der Waals surface area contributed by atoms with E-state index in [9.17, 15) is 13.2 Å². The highest BCUT2D eigenvalue weighted by atomic mass is 32.2. The topological polar surface area (TPSA) is 136 Å². The van der Waals surface area contributed by atoms with Crippen molar-refractivity contribution < 1.29 is 17.9 Å². The molecular weight excluding hydrogens is 516 g/mol. The Morgan fingerprint density at radius 3 is 2.49 bits per heavy atom. The van der Waals surface area contributed by atoms with Crippen LogP contribution in [0.3, 0.4) is 0 Å². The minimum absolute atomic E-state index is 0.127. The minimum Gasteiger partial charge on any atom is -0.477 e. The lowest BCUT2D eigenvalue weighted by molar-refractivity contribution is -0.121. The number of anilines is 2. The van der Waals surface area contributed by atoms with Crippen molar-refractivity contribution in [1.82, 2.24) is 19.9 Å². The van der Waals surface area contributed by atoms with E-state index in [2.05, 4.69) is 30.0 Å². The molecule has 0 saturated heterocycles. The summed E-state index contributed by atoms with van der Waals surface area (Å²) in [4.78, 5) is 31.4. The molecule has 2 atom stereocenters. The van der Waals surface area contributed by atoms with Crippen molar-refractivity contribution in [2.24, 2.45) is 11.8 Å². The smallest absolute Gasteiger partial charge is 0.236 e. The van der Waals surface area contributed by atoms with Gasteiger partial charge in [-0.25, -0.2) is 23.4 Å². The van der Waals surface area contributed by atoms with Gasteiger partial charge in [0.1, 0.15) is 12.1 Å². The Bertz CT molecular complexity index is 1460. The number of benzene rings is 1. The molecule has 3 aromatic rings. The van der Waals surface area contributed by atoms with Crippen LogP contribution in [0.5, 0.6) is 5.88 Å². The zero-order valence-electron chi connectivity index (χ0n) is 21.8. The third kappa shape index (κ3) is 5.19. The molecule has 2 N–H and O–H groups in total. The van der Waals surface area contributed by atoms with Crippen molar-refractivity contribution in [1.29, 1.82) is 0 Å². The number of nitrogens with one attached hydrogen (secondary N) is 2. The number of fused-ring (bicyclic) bond motifs is 1. The van der Waals surface area contributed by atoms with E-state index < -0.39 is 15.4 Å². The molecular formula is C28H32N6O4S. The Hall–Kier alpha value is -3.60. The predicted octanol–water partition coefficient (Wildman–Crippen LogP) is 4.32. The van der Waals surface area contributed by atoms with E-state index in [1.807, 2.05) is 31.2 Å². The van der Waals surface area contributed by atoms with Crippen LogP contribution in [0.15, 0.2) is 49.1 Å². The third-order valence-corrected chi connectivity index (χ3v) is 10.0. The number of hydrogen-bond acceptors (Lipinski definition) is 8. The number of carbonyl (C=O) groups is 1. The van der Waals surface area contributed by atoms with Gasteiger partial charge in [-0.3, -0.25) is 14.5 Å². The number of aromatic nitrogens is 4. The molecule has 11 heteroatoms. The van der Waals surface area contributed by atoms with Crippen molar-refractivity contribution in [3.63, 3.8) is 0 Å². The maximum atomic E-state index is 14.0. The number of carbonyl (C=O) groups excluding carboxylic acids is 1. The van der Waals surface area contributed by atoms with E-state index in [4.69, 9.17) is 4.74 Å². The molecule has 3 saturated carbocycles. The maximum absolute atomic E-state index is 14.0. The molecule has 1 amide bonds. The van der Waals surface area contributed by atoms with Gasteiger partial charge in [-0.05, 0) is 56.6 Å². The van der Waals surface area contributed by atoms with E-state index >= 15 is 0 Å². The highest BCUT2D eigenvalue weighted by molar-refractivity contribution is 7.93. The Morgan fingerprint density at radius 1 is 1.05 bits per heavy atom. The van der Waals surface area contributed by atoms with Crippen LogP contribution < -0.4 is 14.8 Å². The summed E-state index contributed by atoms with van der Waals surface area (Å²) in [7, 11) is -3.48. The molecule has 1 aromatic carbocycles. The van der Waals surface area contributed by atoms with Crippen LogP contribution in [0.2, 0.25) is 0 Å². The molecule has 0 aliphatic heterocycles. The van der Waals surface area contributed by atoms with Crippen molar-refractivity contribution in [2.45, 2.75) is 62.5 Å². The average Bonchev–Trinajstić information content (AvgIpc) is 3.61. The van der Waals surface area contributed by atoms with E-state index in [0.717, 1.165) is 18.4 Å². The van der Waals surface area contributed by atoms with Crippen LogP contribution in [0, 0.1) is 11.8 Å². The summed E-state index contributed by atoms with van der Waals surface area (Å²) in [6.45, 7) is 2.40. The second-order valence-corrected chi connectivity index (χ2v) is 12.7. The average molecular weight is 549 g/mol. The molecule has 0 radical (unpaired) electrons. The van der Waals surface area contributed by atoms with Crippen molar-refractivity contribution in [3.8, 4) is 17.1 Å². The highest BCUT2D eigenvalue weighted by Crippen LogP contribution is 2.54. The van der Waals surface area contributed by atoms with Gasteiger partial charge in [0, 0.05) is 17.3 Å². The van der Waals surface area contributed by atoms with Crippen LogP contribution in [0.1, 0.15) is 57.6 Å². The standard InChI is InChI=1S/C28H32N6O4S/c1-2-38-26-16-29-15-23(33-26)18-6-8-21(9-7-18)32-27(35)28(13-19-4-3-5-20(19)14-28)24-12-25(31-17-30-24)34-39(36,37)22-10-11-22/h6-9,12,15-17,19-20,22H,2-5,10-11,13-14H2,1H3,(H,32,35)(H,30,31,34). The molecule has 204 valence electrons. The molecule has 3 aliphatic carbocycles. The largest absolute Gasteiger partial charge is 0.477 e. The summed E-state index contributed by atoms with van der Waals surface area (Å²) >= 11 is 0. The predicted molar refractivity (Wildman–Crippen MR) is 147 cm³/mol. The zero-order valence-corrected chi connectivity index (χ0v) is 22.7. The molecule has 39 heavy (non-hydrogen) atoms. The molecule has 10 nitrogen and oxygen atoms in total. The van der Waals surface area contributed by atoms with Crippen LogP contribution in [0.4, 0.5) is 11.5 Å². The van der Waals surface area contributed by atoms with Gasteiger partial charge in [0.05, 0.1) is 41.1 Å². The fourth-order valence-corrected chi connectivity index (χ4v) is 7.43. The van der Waals surface area contributed by atoms with Gasteiger partial charge in [0.15, 0.2) is 0 Å². The SMILES string of the molecule is CCOc1cncc(-c2ccc(NC(=O)C3(c4cc(NS(=O)(=O)C5CC5)ncn4)CC4CCCC4C3)cc2)n1. The first-order valence-electron chi connectivity index (χ1n) is 13.6. The fourth-order valence-electron chi connectivity index (χ4n) is 6.10. The molecule has 2 heterocycles. The Kier molecular flexibility index (Phi) is 6.70. The van der Waals surface area contributed by atoms with Gasteiger partial charge in [-0.1, -0.05) is 31.4 Å². The minimum atomic E-state index is -3.48. The van der Waals surface area contributed by atoms with Gasteiger partial charge in [-0.15, -0.1) is 0 Å². The van der Waals surface area contributed by atoms with Crippen LogP contribution in [-0.4, -0.2) is 46.1 Å². The Balaban J connectivity index is 1.25. The van der Waals surface area contributed by atoms with Crippen molar-refractivity contribution in [2.75, 3.05) is 16.6 Å². The quantitative estimate of drug-likeness (QED) is 0.403. The molecule has 6 rings (SSSR count). The van der Waals surface area contributed by atoms with Crippen LogP contribution in [-0.2, 0) is 20.2 Å². The molecule has 3 fully saturated rings. The van der Waals surface area contributed by atoms with Crippen molar-refractivity contribution in [3.05, 3.63) is 54.7 Å². The normalized spacial score (nSPS) is 24.2. The van der Waals surface area contributed by atoms with Crippen LogP contribution in [0.25, 0.3) is 11.3 Å². The van der Waals surface area contributed by atoms with E-state index in [1.54, 1.807) is 18.5 Å². The van der Waals surface area contributed by atoms with Gasteiger partial charge in [0.25, 0.3) is 0 Å². The summed E-state index contributed by atoms with van der Waals surface area (Å²) in [5, 5.41) is 2.75. The summed E-state index contributed by atoms with van der Waals surface area (Å²) in [5.74, 6) is 1.46. The van der Waals surface area contributed by atoms with Gasteiger partial charge >= 0.3 is 0 Å². The third-order valence-electron chi connectivity index (χ3n) is 8.18. The lowest BCUT2D eigenvalue weighted by atomic mass is 9.79. The van der Waals surface area contributed by atoms with E-state index in [0.29, 0.717) is 67.1 Å². The lowest BCUT2D eigenvalue weighted by Crippen LogP contribution is -2.39. The molecule has 0 spiro atoms. The van der Waals surface area contributed by atoms with E-state index in [1.165, 1.54) is 12.7 Å². The van der Waals surface area contributed by atoms with Gasteiger partial charge in [-0.2, -0.15) is 0 Å². The Labute approximate surface area is 228 Å². The second-order valence-electron chi connectivity index (χ2n) is 10.8. The fraction of sp³-hybridized carbons (Fsp3) is 0.464. The maximum Gasteiger partial charge on any atom is 0.236 e. The number of nitrogens with zero attached hydrogens (tertiary/aromatic N) is 4. The summed E-state index contributed by atoms with van der Waals surface area (Å²) in [5.41, 5.74) is 1.92. The first-order chi connectivity index (χ1) is 18.9. The monoisotopic (exact) mass is 548 g/mol. The zero-order chi connectivity index (χ0) is 27.0.